The fraction of sp³-hybridized carbons (Fsp3) is 0.600. The zero-order valence-corrected chi connectivity index (χ0v) is 8.48. The van der Waals surface area contributed by atoms with Crippen LogP contribution in [0.5, 0.6) is 0 Å². The summed E-state index contributed by atoms with van der Waals surface area (Å²) in [4.78, 5) is 10.8. The lowest BCUT2D eigenvalue weighted by Crippen LogP contribution is -2.40. The Balaban J connectivity index is 2.05. The molecule has 0 atom stereocenters. The Bertz CT molecular complexity index is 287. The Kier molecular flexibility index (Phi) is 2.63. The number of hydrogen-bond donors (Lipinski definition) is 1. The molecule has 0 radical (unpaired) electrons. The van der Waals surface area contributed by atoms with E-state index in [1.54, 1.807) is 0 Å². The van der Waals surface area contributed by atoms with Crippen LogP contribution in [0.3, 0.4) is 0 Å². The van der Waals surface area contributed by atoms with Gasteiger partial charge in [-0.2, -0.15) is 0 Å². The molecule has 1 aromatic heterocycles. The second-order valence-corrected chi connectivity index (χ2v) is 3.84. The predicted molar refractivity (Wildman–Crippen MR) is 56.2 cm³/mol. The molecule has 2 heterocycles. The van der Waals surface area contributed by atoms with Crippen LogP contribution in [0, 0.1) is 6.92 Å². The first-order chi connectivity index (χ1) is 6.75. The van der Waals surface area contributed by atoms with Gasteiger partial charge in [-0.05, 0) is 19.8 Å². The van der Waals surface area contributed by atoms with Crippen molar-refractivity contribution in [2.24, 2.45) is 5.73 Å². The number of nitrogens with zero attached hydrogens (tertiary/aromatic N) is 3. The van der Waals surface area contributed by atoms with Crippen LogP contribution in [0.15, 0.2) is 12.4 Å². The van der Waals surface area contributed by atoms with Gasteiger partial charge in [-0.15, -0.1) is 0 Å². The first kappa shape index (κ1) is 9.40. The van der Waals surface area contributed by atoms with Gasteiger partial charge in [0.1, 0.15) is 5.82 Å². The van der Waals surface area contributed by atoms with Gasteiger partial charge in [0.2, 0.25) is 0 Å². The van der Waals surface area contributed by atoms with Crippen LogP contribution < -0.4 is 10.6 Å². The lowest BCUT2D eigenvalue weighted by molar-refractivity contribution is 0.498. The van der Waals surface area contributed by atoms with Crippen molar-refractivity contribution in [3.8, 4) is 0 Å². The highest BCUT2D eigenvalue weighted by Crippen LogP contribution is 2.15. The largest absolute Gasteiger partial charge is 0.355 e. The molecule has 4 nitrogen and oxygen atoms in total. The van der Waals surface area contributed by atoms with E-state index in [4.69, 9.17) is 5.73 Å². The Labute approximate surface area is 84.2 Å². The number of anilines is 1. The maximum atomic E-state index is 5.84. The second kappa shape index (κ2) is 3.92. The van der Waals surface area contributed by atoms with Gasteiger partial charge in [-0.1, -0.05) is 0 Å². The van der Waals surface area contributed by atoms with Crippen molar-refractivity contribution in [3.05, 3.63) is 18.1 Å². The summed E-state index contributed by atoms with van der Waals surface area (Å²) in [6, 6.07) is 0.365. The first-order valence-electron chi connectivity index (χ1n) is 5.05. The van der Waals surface area contributed by atoms with Crippen LogP contribution >= 0.6 is 0 Å². The first-order valence-corrected chi connectivity index (χ1v) is 5.05. The highest BCUT2D eigenvalue weighted by molar-refractivity contribution is 5.36. The predicted octanol–water partition coefficient (Wildman–Crippen LogP) is 0.713. The highest BCUT2D eigenvalue weighted by Gasteiger charge is 2.16. The van der Waals surface area contributed by atoms with Crippen molar-refractivity contribution in [3.63, 3.8) is 0 Å². The molecule has 2 N–H and O–H groups in total. The summed E-state index contributed by atoms with van der Waals surface area (Å²) in [6.45, 7) is 3.95. The number of aryl methyl sites for hydroxylation is 1. The van der Waals surface area contributed by atoms with Gasteiger partial charge < -0.3 is 10.6 Å². The minimum Gasteiger partial charge on any atom is -0.355 e. The smallest absolute Gasteiger partial charge is 0.147 e. The lowest BCUT2D eigenvalue weighted by Gasteiger charge is -2.30. The number of rotatable bonds is 1. The molecule has 0 unspecified atom stereocenters. The molecule has 1 aliphatic heterocycles. The van der Waals surface area contributed by atoms with Crippen molar-refractivity contribution in [2.75, 3.05) is 18.0 Å². The summed E-state index contributed by atoms with van der Waals surface area (Å²) in [5, 5.41) is 0. The molecule has 0 aromatic carbocycles. The minimum atomic E-state index is 0.365. The van der Waals surface area contributed by atoms with Gasteiger partial charge in [-0.25, -0.2) is 4.98 Å². The van der Waals surface area contributed by atoms with E-state index in [1.165, 1.54) is 0 Å². The quantitative estimate of drug-likeness (QED) is 0.712. The summed E-state index contributed by atoms with van der Waals surface area (Å²) >= 11 is 0. The molecule has 4 heteroatoms. The second-order valence-electron chi connectivity index (χ2n) is 3.84. The fourth-order valence-electron chi connectivity index (χ4n) is 1.68. The van der Waals surface area contributed by atoms with E-state index in [0.717, 1.165) is 37.4 Å². The Morgan fingerprint density at radius 2 is 2.00 bits per heavy atom. The summed E-state index contributed by atoms with van der Waals surface area (Å²) in [6.07, 6.45) is 5.75. The number of hydrogen-bond acceptors (Lipinski definition) is 4. The zero-order valence-electron chi connectivity index (χ0n) is 8.48. The van der Waals surface area contributed by atoms with Crippen LogP contribution in [0.4, 0.5) is 5.82 Å². The van der Waals surface area contributed by atoms with E-state index >= 15 is 0 Å². The van der Waals surface area contributed by atoms with E-state index in [0.29, 0.717) is 6.04 Å². The summed E-state index contributed by atoms with van der Waals surface area (Å²) in [5.74, 6) is 0.975. The molecule has 1 saturated heterocycles. The third-order valence-electron chi connectivity index (χ3n) is 2.63. The summed E-state index contributed by atoms with van der Waals surface area (Å²) < 4.78 is 0. The van der Waals surface area contributed by atoms with Gasteiger partial charge in [0.15, 0.2) is 0 Å². The third-order valence-corrected chi connectivity index (χ3v) is 2.63. The third kappa shape index (κ3) is 2.01. The molecule has 0 saturated carbocycles. The number of aromatic nitrogens is 2. The molecule has 0 amide bonds. The van der Waals surface area contributed by atoms with Gasteiger partial charge in [-0.3, -0.25) is 4.98 Å². The molecule has 2 rings (SSSR count). The molecule has 0 spiro atoms. The maximum Gasteiger partial charge on any atom is 0.147 e. The average Bonchev–Trinajstić information content (AvgIpc) is 2.21. The van der Waals surface area contributed by atoms with E-state index in [2.05, 4.69) is 14.9 Å². The van der Waals surface area contributed by atoms with Crippen LogP contribution in [-0.2, 0) is 0 Å². The molecule has 1 fully saturated rings. The van der Waals surface area contributed by atoms with Crippen LogP contribution in [0.2, 0.25) is 0 Å². The average molecular weight is 192 g/mol. The maximum absolute atomic E-state index is 5.84. The molecule has 14 heavy (non-hydrogen) atoms. The monoisotopic (exact) mass is 192 g/mol. The number of nitrogens with two attached hydrogens (primary N) is 1. The normalized spacial score (nSPS) is 18.6. The molecule has 76 valence electrons. The van der Waals surface area contributed by atoms with E-state index in [-0.39, 0.29) is 0 Å². The Hall–Kier alpha value is -1.16. The fourth-order valence-corrected chi connectivity index (χ4v) is 1.68. The molecule has 1 aliphatic rings. The summed E-state index contributed by atoms with van der Waals surface area (Å²) in [7, 11) is 0. The molecular formula is C10H16N4. The molecule has 0 aliphatic carbocycles. The van der Waals surface area contributed by atoms with Crippen molar-refractivity contribution >= 4 is 5.82 Å². The molecule has 1 aromatic rings. The van der Waals surface area contributed by atoms with Crippen LogP contribution in [0.1, 0.15) is 18.5 Å². The van der Waals surface area contributed by atoms with Gasteiger partial charge in [0.25, 0.3) is 0 Å². The van der Waals surface area contributed by atoms with E-state index < -0.39 is 0 Å². The van der Waals surface area contributed by atoms with E-state index in [1.807, 2.05) is 19.3 Å². The van der Waals surface area contributed by atoms with Crippen LogP contribution in [0.25, 0.3) is 0 Å². The molecule has 0 bridgehead atoms. The lowest BCUT2D eigenvalue weighted by atomic mass is 10.1. The topological polar surface area (TPSA) is 55.0 Å². The van der Waals surface area contributed by atoms with Crippen molar-refractivity contribution in [1.29, 1.82) is 0 Å². The van der Waals surface area contributed by atoms with Gasteiger partial charge in [0.05, 0.1) is 18.1 Å². The van der Waals surface area contributed by atoms with Crippen molar-refractivity contribution in [2.45, 2.75) is 25.8 Å². The van der Waals surface area contributed by atoms with Gasteiger partial charge >= 0.3 is 0 Å². The van der Waals surface area contributed by atoms with Crippen LogP contribution in [-0.4, -0.2) is 29.1 Å². The molecular weight excluding hydrogens is 176 g/mol. The Morgan fingerprint density at radius 3 is 2.57 bits per heavy atom. The van der Waals surface area contributed by atoms with Crippen molar-refractivity contribution in [1.82, 2.24) is 9.97 Å². The van der Waals surface area contributed by atoms with E-state index in [9.17, 15) is 0 Å². The summed E-state index contributed by atoms with van der Waals surface area (Å²) in [5.41, 5.74) is 6.80. The number of piperidine rings is 1. The highest BCUT2D eigenvalue weighted by atomic mass is 15.2. The minimum absolute atomic E-state index is 0.365. The van der Waals surface area contributed by atoms with Crippen molar-refractivity contribution < 1.29 is 0 Å². The Morgan fingerprint density at radius 1 is 1.29 bits per heavy atom. The van der Waals surface area contributed by atoms with Gasteiger partial charge in [0, 0.05) is 19.1 Å². The SMILES string of the molecule is Cc1cnc(N2CCC(N)CC2)cn1. The zero-order chi connectivity index (χ0) is 9.97. The standard InChI is InChI=1S/C10H16N4/c1-8-6-13-10(7-12-8)14-4-2-9(11)3-5-14/h6-7,9H,2-5,11H2,1H3.